The molecule has 0 aliphatic rings. The molecule has 0 aliphatic heterocycles. The minimum Gasteiger partial charge on any atom is -0.462 e. The van der Waals surface area contributed by atoms with Gasteiger partial charge in [-0.1, -0.05) is 13.8 Å². The Morgan fingerprint density at radius 2 is 1.91 bits per heavy atom. The highest BCUT2D eigenvalue weighted by molar-refractivity contribution is 5.75. The molecule has 65 valence electrons. The molecule has 0 aromatic heterocycles. The van der Waals surface area contributed by atoms with Gasteiger partial charge in [0.15, 0.2) is 0 Å². The van der Waals surface area contributed by atoms with Crippen LogP contribution in [0.25, 0.3) is 0 Å². The van der Waals surface area contributed by atoms with E-state index < -0.39 is 6.04 Å². The van der Waals surface area contributed by atoms with E-state index in [1.165, 1.54) is 0 Å². The summed E-state index contributed by atoms with van der Waals surface area (Å²) in [5, 5.41) is 0. The zero-order valence-corrected chi connectivity index (χ0v) is 7.33. The van der Waals surface area contributed by atoms with Gasteiger partial charge in [0.1, 0.15) is 6.04 Å². The lowest BCUT2D eigenvalue weighted by atomic mass is 10.1. The second kappa shape index (κ2) is 4.34. The van der Waals surface area contributed by atoms with E-state index in [0.29, 0.717) is 0 Å². The van der Waals surface area contributed by atoms with Crippen molar-refractivity contribution in [1.29, 1.82) is 0 Å². The number of nitrogens with two attached hydrogens (primary N) is 1. The summed E-state index contributed by atoms with van der Waals surface area (Å²) in [6.45, 7) is 8.97. The smallest absolute Gasteiger partial charge is 0.323 e. The number of rotatable bonds is 3. The van der Waals surface area contributed by atoms with Crippen LogP contribution < -0.4 is 5.73 Å². The van der Waals surface area contributed by atoms with Crippen molar-refractivity contribution in [1.82, 2.24) is 0 Å². The first-order chi connectivity index (χ1) is 4.95. The molecule has 0 rings (SSSR count). The molecule has 11 heavy (non-hydrogen) atoms. The highest BCUT2D eigenvalue weighted by atomic mass is 16.5. The lowest BCUT2D eigenvalue weighted by Crippen LogP contribution is -2.38. The average Bonchev–Trinajstić information content (AvgIpc) is 1.84. The summed E-state index contributed by atoms with van der Waals surface area (Å²) in [5.41, 5.74) is 5.51. The Balaban J connectivity index is 3.83. The van der Waals surface area contributed by atoms with Crippen molar-refractivity contribution in [3.8, 4) is 0 Å². The van der Waals surface area contributed by atoms with E-state index in [1.807, 2.05) is 13.8 Å². The Morgan fingerprint density at radius 3 is 2.18 bits per heavy atom. The van der Waals surface area contributed by atoms with Crippen LogP contribution in [0.5, 0.6) is 0 Å². The second-order valence-corrected chi connectivity index (χ2v) is 3.02. The molecule has 2 N–H and O–H groups in total. The third-order valence-corrected chi connectivity index (χ3v) is 1.31. The molecule has 0 heterocycles. The van der Waals surface area contributed by atoms with Crippen molar-refractivity contribution in [3.63, 3.8) is 0 Å². The summed E-state index contributed by atoms with van der Waals surface area (Å²) in [4.78, 5) is 11.0. The van der Waals surface area contributed by atoms with Crippen LogP contribution in [0.1, 0.15) is 20.8 Å². The van der Waals surface area contributed by atoms with Crippen molar-refractivity contribution in [2.75, 3.05) is 0 Å². The van der Waals surface area contributed by atoms with E-state index in [-0.39, 0.29) is 18.0 Å². The number of esters is 1. The predicted octanol–water partition coefficient (Wildman–Crippen LogP) is 0.735. The largest absolute Gasteiger partial charge is 0.462 e. The van der Waals surface area contributed by atoms with E-state index in [4.69, 9.17) is 10.5 Å². The van der Waals surface area contributed by atoms with Crippen molar-refractivity contribution in [2.24, 2.45) is 11.7 Å². The molecule has 0 aromatic rings. The molecule has 0 saturated heterocycles. The van der Waals surface area contributed by atoms with Crippen LogP contribution in [-0.4, -0.2) is 18.1 Å². The predicted molar refractivity (Wildman–Crippen MR) is 43.7 cm³/mol. The summed E-state index contributed by atoms with van der Waals surface area (Å²) >= 11 is 0. The monoisotopic (exact) mass is 158 g/mol. The van der Waals surface area contributed by atoms with Gasteiger partial charge in [-0.05, 0) is 19.8 Å². The van der Waals surface area contributed by atoms with Gasteiger partial charge in [0.25, 0.3) is 0 Å². The number of ether oxygens (including phenoxy) is 1. The summed E-state index contributed by atoms with van der Waals surface area (Å²) < 4.78 is 4.80. The van der Waals surface area contributed by atoms with Crippen molar-refractivity contribution in [3.05, 3.63) is 6.92 Å². The third-order valence-electron chi connectivity index (χ3n) is 1.31. The van der Waals surface area contributed by atoms with Crippen molar-refractivity contribution in [2.45, 2.75) is 32.9 Å². The normalized spacial score (nSPS) is 13.7. The van der Waals surface area contributed by atoms with E-state index in [2.05, 4.69) is 6.92 Å². The van der Waals surface area contributed by atoms with Crippen LogP contribution in [0.4, 0.5) is 0 Å². The fraction of sp³-hybridized carbons (Fsp3) is 0.750. The van der Waals surface area contributed by atoms with E-state index in [0.717, 1.165) is 0 Å². The molecule has 1 unspecified atom stereocenters. The highest BCUT2D eigenvalue weighted by Gasteiger charge is 2.19. The Morgan fingerprint density at radius 1 is 1.45 bits per heavy atom. The molecule has 1 radical (unpaired) electrons. The molecular weight excluding hydrogens is 142 g/mol. The van der Waals surface area contributed by atoms with Gasteiger partial charge in [-0.25, -0.2) is 0 Å². The first-order valence-corrected chi connectivity index (χ1v) is 3.74. The third kappa shape index (κ3) is 3.98. The molecule has 0 aromatic carbocycles. The molecule has 3 nitrogen and oxygen atoms in total. The zero-order chi connectivity index (χ0) is 9.02. The number of hydrogen-bond acceptors (Lipinski definition) is 3. The highest BCUT2D eigenvalue weighted by Crippen LogP contribution is 2.01. The molecule has 0 aliphatic carbocycles. The van der Waals surface area contributed by atoms with Gasteiger partial charge in [0, 0.05) is 0 Å². The lowest BCUT2D eigenvalue weighted by Gasteiger charge is -2.15. The van der Waals surface area contributed by atoms with Crippen molar-refractivity contribution >= 4 is 5.97 Å². The van der Waals surface area contributed by atoms with Crippen LogP contribution in [0.3, 0.4) is 0 Å². The summed E-state index contributed by atoms with van der Waals surface area (Å²) in [6, 6.07) is -0.529. The maximum absolute atomic E-state index is 11.0. The SMILES string of the molecule is [CH2]C(C)OC(=O)[C@@H](N)C(C)C. The molecule has 0 saturated carbocycles. The summed E-state index contributed by atoms with van der Waals surface area (Å²) in [5.74, 6) is -0.260. The minimum absolute atomic E-state index is 0.112. The van der Waals surface area contributed by atoms with E-state index in [9.17, 15) is 4.79 Å². The number of hydrogen-bond donors (Lipinski definition) is 1. The fourth-order valence-corrected chi connectivity index (χ4v) is 0.549. The quantitative estimate of drug-likeness (QED) is 0.616. The van der Waals surface area contributed by atoms with Crippen LogP contribution in [0, 0.1) is 12.8 Å². The number of carbonyl (C=O) groups excluding carboxylic acids is 1. The van der Waals surface area contributed by atoms with Gasteiger partial charge in [-0.2, -0.15) is 0 Å². The lowest BCUT2D eigenvalue weighted by molar-refractivity contribution is -0.148. The van der Waals surface area contributed by atoms with E-state index in [1.54, 1.807) is 6.92 Å². The van der Waals surface area contributed by atoms with Crippen LogP contribution >= 0.6 is 0 Å². The Labute approximate surface area is 67.9 Å². The molecule has 0 fully saturated rings. The topological polar surface area (TPSA) is 52.3 Å². The Kier molecular flexibility index (Phi) is 4.11. The standard InChI is InChI=1S/C8H16NO2/c1-5(2)7(9)8(10)11-6(3)4/h5-7H,3,9H2,1-2,4H3/t6?,7-/m0/s1. The van der Waals surface area contributed by atoms with E-state index >= 15 is 0 Å². The first-order valence-electron chi connectivity index (χ1n) is 3.74. The fourth-order valence-electron chi connectivity index (χ4n) is 0.549. The Bertz CT molecular complexity index is 132. The van der Waals surface area contributed by atoms with Gasteiger partial charge in [-0.15, -0.1) is 0 Å². The Hall–Kier alpha value is -0.570. The van der Waals surface area contributed by atoms with Gasteiger partial charge in [0.05, 0.1) is 6.10 Å². The first kappa shape index (κ1) is 10.4. The zero-order valence-electron chi connectivity index (χ0n) is 7.33. The molecule has 3 heteroatoms. The number of carbonyl (C=O) groups is 1. The van der Waals surface area contributed by atoms with Crippen molar-refractivity contribution < 1.29 is 9.53 Å². The van der Waals surface area contributed by atoms with Gasteiger partial charge in [-0.3, -0.25) is 4.79 Å². The van der Waals surface area contributed by atoms with Gasteiger partial charge < -0.3 is 10.5 Å². The molecule has 0 spiro atoms. The van der Waals surface area contributed by atoms with Crippen LogP contribution in [0.2, 0.25) is 0 Å². The van der Waals surface area contributed by atoms with Gasteiger partial charge in [0.2, 0.25) is 0 Å². The molecular formula is C8H16NO2. The molecule has 0 bridgehead atoms. The second-order valence-electron chi connectivity index (χ2n) is 3.02. The average molecular weight is 158 g/mol. The maximum Gasteiger partial charge on any atom is 0.323 e. The van der Waals surface area contributed by atoms with Crippen LogP contribution in [-0.2, 0) is 9.53 Å². The molecule has 0 amide bonds. The summed E-state index contributed by atoms with van der Waals surface area (Å²) in [6.07, 6.45) is -0.327. The maximum atomic E-state index is 11.0. The van der Waals surface area contributed by atoms with Crippen LogP contribution in [0.15, 0.2) is 0 Å². The minimum atomic E-state index is -0.529. The molecule has 2 atom stereocenters. The summed E-state index contributed by atoms with van der Waals surface area (Å²) in [7, 11) is 0. The van der Waals surface area contributed by atoms with Gasteiger partial charge >= 0.3 is 5.97 Å².